The number of rotatable bonds is 11. The number of hydrogen-bond acceptors (Lipinski definition) is 6. The molecule has 0 saturated carbocycles. The second-order valence-electron chi connectivity index (χ2n) is 5.30. The maximum atomic E-state index is 5.42. The van der Waals surface area contributed by atoms with E-state index >= 15 is 0 Å². The minimum atomic E-state index is 0.637. The number of anilines is 1. The number of thiazole rings is 1. The number of benzene rings is 1. The van der Waals surface area contributed by atoms with E-state index in [2.05, 4.69) is 32.0 Å². The first kappa shape index (κ1) is 19.4. The Kier molecular flexibility index (Phi) is 9.03. The van der Waals surface area contributed by atoms with Gasteiger partial charge >= 0.3 is 0 Å². The smallest absolute Gasteiger partial charge is 0.191 e. The van der Waals surface area contributed by atoms with Gasteiger partial charge in [-0.05, 0) is 18.6 Å². The lowest BCUT2D eigenvalue weighted by Gasteiger charge is -2.12. The van der Waals surface area contributed by atoms with E-state index in [1.165, 1.54) is 4.70 Å². The summed E-state index contributed by atoms with van der Waals surface area (Å²) in [4.78, 5) is 8.76. The van der Waals surface area contributed by atoms with Crippen LogP contribution in [0.25, 0.3) is 10.2 Å². The van der Waals surface area contributed by atoms with Crippen molar-refractivity contribution in [3.8, 4) is 0 Å². The van der Waals surface area contributed by atoms with Crippen molar-refractivity contribution in [1.82, 2.24) is 15.6 Å². The molecule has 8 heteroatoms. The molecule has 0 fully saturated rings. The summed E-state index contributed by atoms with van der Waals surface area (Å²) in [5, 5.41) is 10.8. The molecular formula is C17H27N5O2S. The van der Waals surface area contributed by atoms with Crippen LogP contribution in [0.4, 0.5) is 5.13 Å². The van der Waals surface area contributed by atoms with Crippen molar-refractivity contribution in [3.05, 3.63) is 24.3 Å². The fourth-order valence-electron chi connectivity index (χ4n) is 2.14. The minimum absolute atomic E-state index is 0.637. The van der Waals surface area contributed by atoms with E-state index in [0.29, 0.717) is 19.8 Å². The number of nitrogens with one attached hydrogen (secondary N) is 3. The Hall–Kier alpha value is -1.90. The Morgan fingerprint density at radius 2 is 1.96 bits per heavy atom. The molecule has 0 saturated heterocycles. The van der Waals surface area contributed by atoms with Crippen LogP contribution in [0.15, 0.2) is 29.3 Å². The Bertz CT molecular complexity index is 614. The SMILES string of the molecule is CN=C(NCCCOCCOC)NCCNc1nc2ccccc2s1. The highest BCUT2D eigenvalue weighted by atomic mass is 32.1. The summed E-state index contributed by atoms with van der Waals surface area (Å²) in [6.07, 6.45) is 0.925. The van der Waals surface area contributed by atoms with E-state index in [-0.39, 0.29) is 0 Å². The minimum Gasteiger partial charge on any atom is -0.382 e. The van der Waals surface area contributed by atoms with E-state index in [4.69, 9.17) is 9.47 Å². The molecule has 3 N–H and O–H groups in total. The van der Waals surface area contributed by atoms with Crippen molar-refractivity contribution in [2.75, 3.05) is 58.9 Å². The number of para-hydroxylation sites is 1. The molecule has 7 nitrogen and oxygen atoms in total. The highest BCUT2D eigenvalue weighted by Crippen LogP contribution is 2.24. The fraction of sp³-hybridized carbons (Fsp3) is 0.529. The van der Waals surface area contributed by atoms with Gasteiger partial charge in [-0.3, -0.25) is 4.99 Å². The lowest BCUT2D eigenvalue weighted by atomic mass is 10.3. The molecule has 2 aromatic rings. The van der Waals surface area contributed by atoms with Crippen LogP contribution in [0.3, 0.4) is 0 Å². The van der Waals surface area contributed by atoms with Crippen molar-refractivity contribution in [2.45, 2.75) is 6.42 Å². The van der Waals surface area contributed by atoms with Crippen LogP contribution in [0.1, 0.15) is 6.42 Å². The number of ether oxygens (including phenoxy) is 2. The van der Waals surface area contributed by atoms with Crippen molar-refractivity contribution in [1.29, 1.82) is 0 Å². The molecule has 1 aromatic heterocycles. The predicted octanol–water partition coefficient (Wildman–Crippen LogP) is 1.93. The van der Waals surface area contributed by atoms with Gasteiger partial charge in [0.15, 0.2) is 11.1 Å². The molecule has 138 valence electrons. The molecule has 25 heavy (non-hydrogen) atoms. The summed E-state index contributed by atoms with van der Waals surface area (Å²) < 4.78 is 11.5. The van der Waals surface area contributed by atoms with Crippen molar-refractivity contribution < 1.29 is 9.47 Å². The third-order valence-corrected chi connectivity index (χ3v) is 4.39. The normalized spacial score (nSPS) is 11.7. The van der Waals surface area contributed by atoms with Gasteiger partial charge in [-0.15, -0.1) is 0 Å². The molecule has 0 atom stereocenters. The van der Waals surface area contributed by atoms with Gasteiger partial charge in [0.25, 0.3) is 0 Å². The highest BCUT2D eigenvalue weighted by molar-refractivity contribution is 7.22. The van der Waals surface area contributed by atoms with Crippen LogP contribution < -0.4 is 16.0 Å². The zero-order chi connectivity index (χ0) is 17.7. The average molecular weight is 366 g/mol. The standard InChI is InChI=1S/C17H27N5O2S/c1-18-16(19-8-5-11-24-13-12-23-2)20-9-10-21-17-22-14-6-3-4-7-15(14)25-17/h3-4,6-7H,5,8-13H2,1-2H3,(H,21,22)(H2,18,19,20). The van der Waals surface area contributed by atoms with E-state index in [9.17, 15) is 0 Å². The summed E-state index contributed by atoms with van der Waals surface area (Å²) in [5.74, 6) is 0.794. The largest absolute Gasteiger partial charge is 0.382 e. The number of aliphatic imine (C=N–C) groups is 1. The summed E-state index contributed by atoms with van der Waals surface area (Å²) in [6.45, 7) is 4.35. The topological polar surface area (TPSA) is 79.8 Å². The van der Waals surface area contributed by atoms with Crippen LogP contribution in [0.5, 0.6) is 0 Å². The summed E-state index contributed by atoms with van der Waals surface area (Å²) in [6, 6.07) is 8.15. The van der Waals surface area contributed by atoms with Crippen molar-refractivity contribution in [3.63, 3.8) is 0 Å². The van der Waals surface area contributed by atoms with Gasteiger partial charge in [-0.1, -0.05) is 23.5 Å². The molecule has 0 aliphatic heterocycles. The van der Waals surface area contributed by atoms with E-state index < -0.39 is 0 Å². The molecule has 0 amide bonds. The fourth-order valence-corrected chi connectivity index (χ4v) is 3.04. The Morgan fingerprint density at radius 1 is 1.12 bits per heavy atom. The number of methoxy groups -OCH3 is 1. The molecule has 1 aromatic carbocycles. The zero-order valence-corrected chi connectivity index (χ0v) is 15.7. The van der Waals surface area contributed by atoms with Crippen LogP contribution in [-0.2, 0) is 9.47 Å². The molecule has 0 aliphatic carbocycles. The second kappa shape index (κ2) is 11.6. The molecule has 1 heterocycles. The maximum Gasteiger partial charge on any atom is 0.191 e. The van der Waals surface area contributed by atoms with Crippen LogP contribution >= 0.6 is 11.3 Å². The van der Waals surface area contributed by atoms with Crippen molar-refractivity contribution >= 4 is 32.6 Å². The molecule has 0 aliphatic rings. The van der Waals surface area contributed by atoms with Gasteiger partial charge in [0.1, 0.15) is 0 Å². The third-order valence-electron chi connectivity index (χ3n) is 3.40. The van der Waals surface area contributed by atoms with Crippen LogP contribution in [0, 0.1) is 0 Å². The Morgan fingerprint density at radius 3 is 2.76 bits per heavy atom. The molecule has 0 bridgehead atoms. The van der Waals surface area contributed by atoms with Gasteiger partial charge in [0, 0.05) is 40.4 Å². The van der Waals surface area contributed by atoms with E-state index in [1.54, 1.807) is 25.5 Å². The molecule has 0 spiro atoms. The van der Waals surface area contributed by atoms with Gasteiger partial charge in [0.2, 0.25) is 0 Å². The molecule has 0 radical (unpaired) electrons. The molecule has 2 rings (SSSR count). The molecule has 0 unspecified atom stereocenters. The number of guanidine groups is 1. The van der Waals surface area contributed by atoms with E-state index in [0.717, 1.165) is 42.7 Å². The van der Waals surface area contributed by atoms with E-state index in [1.807, 2.05) is 18.2 Å². The first-order valence-electron chi connectivity index (χ1n) is 8.44. The van der Waals surface area contributed by atoms with Crippen LogP contribution in [0.2, 0.25) is 0 Å². The number of aromatic nitrogens is 1. The summed E-state index contributed by atoms with van der Waals surface area (Å²) in [7, 11) is 3.44. The van der Waals surface area contributed by atoms with Gasteiger partial charge in [-0.25, -0.2) is 4.98 Å². The molecular weight excluding hydrogens is 338 g/mol. The Labute approximate surface area is 152 Å². The lowest BCUT2D eigenvalue weighted by molar-refractivity contribution is 0.0698. The van der Waals surface area contributed by atoms with Gasteiger partial charge in [0.05, 0.1) is 23.4 Å². The summed E-state index contributed by atoms with van der Waals surface area (Å²) in [5.41, 5.74) is 1.04. The second-order valence-corrected chi connectivity index (χ2v) is 6.33. The van der Waals surface area contributed by atoms with Gasteiger partial charge < -0.3 is 25.4 Å². The third kappa shape index (κ3) is 7.25. The first-order valence-corrected chi connectivity index (χ1v) is 9.26. The van der Waals surface area contributed by atoms with Crippen molar-refractivity contribution in [2.24, 2.45) is 4.99 Å². The van der Waals surface area contributed by atoms with Crippen LogP contribution in [-0.4, -0.2) is 64.6 Å². The number of nitrogens with zero attached hydrogens (tertiary/aromatic N) is 2. The Balaban J connectivity index is 1.56. The highest BCUT2D eigenvalue weighted by Gasteiger charge is 2.02. The average Bonchev–Trinajstić information content (AvgIpc) is 3.05. The van der Waals surface area contributed by atoms with Gasteiger partial charge in [-0.2, -0.15) is 0 Å². The quantitative estimate of drug-likeness (QED) is 0.321. The number of fused-ring (bicyclic) bond motifs is 1. The predicted molar refractivity (Wildman–Crippen MR) is 105 cm³/mol. The number of hydrogen-bond donors (Lipinski definition) is 3. The maximum absolute atomic E-state index is 5.42. The zero-order valence-electron chi connectivity index (χ0n) is 14.9. The first-order chi connectivity index (χ1) is 12.3. The summed E-state index contributed by atoms with van der Waals surface area (Å²) >= 11 is 1.67. The monoisotopic (exact) mass is 365 g/mol. The lowest BCUT2D eigenvalue weighted by Crippen LogP contribution is -2.40.